The summed E-state index contributed by atoms with van der Waals surface area (Å²) in [6.07, 6.45) is 24.1. The molecule has 2 N–H and O–H groups in total. The molecule has 0 saturated heterocycles. The summed E-state index contributed by atoms with van der Waals surface area (Å²) in [7, 11) is -4.29. The molecule has 0 atom stereocenters. The van der Waals surface area contributed by atoms with Crippen molar-refractivity contribution in [1.82, 2.24) is 0 Å². The monoisotopic (exact) mass is 374 g/mol. The minimum absolute atomic E-state index is 0.146. The van der Waals surface area contributed by atoms with Crippen LogP contribution in [0.15, 0.2) is 11.6 Å². The Morgan fingerprint density at radius 1 is 0.760 bits per heavy atom. The van der Waals surface area contributed by atoms with Crippen molar-refractivity contribution in [2.24, 2.45) is 0 Å². The Morgan fingerprint density at radius 2 is 1.20 bits per heavy atom. The van der Waals surface area contributed by atoms with Crippen LogP contribution in [0.3, 0.4) is 0 Å². The van der Waals surface area contributed by atoms with E-state index < -0.39 is 7.82 Å². The van der Waals surface area contributed by atoms with E-state index >= 15 is 0 Å². The van der Waals surface area contributed by atoms with Gasteiger partial charge in [0.05, 0.1) is 6.61 Å². The highest BCUT2D eigenvalue weighted by molar-refractivity contribution is 7.46. The van der Waals surface area contributed by atoms with Gasteiger partial charge in [0.1, 0.15) is 0 Å². The minimum atomic E-state index is -4.29. The second-order valence-electron chi connectivity index (χ2n) is 7.42. The van der Waals surface area contributed by atoms with Gasteiger partial charge < -0.3 is 9.79 Å². The number of phosphoric acid groups is 1. The maximum atomic E-state index is 10.6. The van der Waals surface area contributed by atoms with Crippen LogP contribution in [-0.2, 0) is 9.09 Å². The van der Waals surface area contributed by atoms with Gasteiger partial charge in [0.25, 0.3) is 0 Å². The van der Waals surface area contributed by atoms with E-state index in [-0.39, 0.29) is 6.61 Å². The molecule has 0 bridgehead atoms. The molecule has 148 valence electrons. The summed E-state index contributed by atoms with van der Waals surface area (Å²) in [4.78, 5) is 17.3. The molecule has 0 aliphatic heterocycles. The van der Waals surface area contributed by atoms with Crippen LogP contribution in [0.1, 0.15) is 109 Å². The SMILES string of the molecule is O=P(O)(O)OCCCCC=C1CCCCCCCCCCCCCC1. The molecule has 5 heteroatoms. The average Bonchev–Trinajstić information content (AvgIpc) is 2.56. The van der Waals surface area contributed by atoms with E-state index in [0.29, 0.717) is 6.42 Å². The molecule has 1 rings (SSSR count). The Labute approximate surface area is 154 Å². The van der Waals surface area contributed by atoms with E-state index in [4.69, 9.17) is 9.79 Å². The number of allylic oxidation sites excluding steroid dienone is 2. The zero-order chi connectivity index (χ0) is 18.2. The number of hydrogen-bond donors (Lipinski definition) is 2. The third kappa shape index (κ3) is 15.8. The smallest absolute Gasteiger partial charge is 0.303 e. The van der Waals surface area contributed by atoms with Crippen molar-refractivity contribution in [3.05, 3.63) is 11.6 Å². The molecular formula is C20H39O4P. The zero-order valence-corrected chi connectivity index (χ0v) is 16.9. The molecule has 0 amide bonds. The normalized spacial score (nSPS) is 19.8. The summed E-state index contributed by atoms with van der Waals surface area (Å²) in [5, 5.41) is 0. The van der Waals surface area contributed by atoms with Gasteiger partial charge in [0, 0.05) is 0 Å². The highest BCUT2D eigenvalue weighted by Gasteiger charge is 2.12. The van der Waals surface area contributed by atoms with E-state index in [1.165, 1.54) is 89.9 Å². The third-order valence-electron chi connectivity index (χ3n) is 5.04. The molecule has 0 heterocycles. The molecule has 1 aliphatic rings. The number of hydrogen-bond acceptors (Lipinski definition) is 2. The van der Waals surface area contributed by atoms with Gasteiger partial charge in [-0.2, -0.15) is 0 Å². The molecule has 0 aromatic carbocycles. The number of unbranched alkanes of at least 4 members (excludes halogenated alkanes) is 2. The Bertz CT molecular complexity index is 371. The lowest BCUT2D eigenvalue weighted by Crippen LogP contribution is -1.92. The molecule has 1 fully saturated rings. The lowest BCUT2D eigenvalue weighted by molar-refractivity contribution is 0.194. The first-order valence-corrected chi connectivity index (χ1v) is 12.0. The molecule has 0 radical (unpaired) electrons. The maximum Gasteiger partial charge on any atom is 0.469 e. The molecule has 0 aromatic heterocycles. The standard InChI is InChI=1S/C20H39O4P/c21-25(22,23)24-19-15-11-14-18-20-16-12-9-7-5-3-1-2-4-6-8-10-13-17-20/h18H,1-17,19H2,(H2,21,22,23). The van der Waals surface area contributed by atoms with Gasteiger partial charge in [-0.05, 0) is 44.9 Å². The predicted molar refractivity (Wildman–Crippen MR) is 105 cm³/mol. The fourth-order valence-electron chi connectivity index (χ4n) is 3.54. The van der Waals surface area contributed by atoms with Crippen molar-refractivity contribution >= 4 is 7.82 Å². The van der Waals surface area contributed by atoms with Crippen LogP contribution >= 0.6 is 7.82 Å². The average molecular weight is 375 g/mol. The van der Waals surface area contributed by atoms with Gasteiger partial charge in [0.15, 0.2) is 0 Å². The Kier molecular flexibility index (Phi) is 13.7. The summed E-state index contributed by atoms with van der Waals surface area (Å²) in [5.74, 6) is 0. The summed E-state index contributed by atoms with van der Waals surface area (Å²) in [6, 6.07) is 0. The fraction of sp³-hybridized carbons (Fsp3) is 0.900. The van der Waals surface area contributed by atoms with Gasteiger partial charge in [-0.3, -0.25) is 4.52 Å². The van der Waals surface area contributed by atoms with E-state index in [1.807, 2.05) is 0 Å². The molecule has 1 saturated carbocycles. The Balaban J connectivity index is 2.26. The topological polar surface area (TPSA) is 66.8 Å². The van der Waals surface area contributed by atoms with E-state index in [9.17, 15) is 4.57 Å². The van der Waals surface area contributed by atoms with Crippen LogP contribution in [0, 0.1) is 0 Å². The molecule has 0 aromatic rings. The fourth-order valence-corrected chi connectivity index (χ4v) is 3.90. The van der Waals surface area contributed by atoms with Gasteiger partial charge in [0.2, 0.25) is 0 Å². The van der Waals surface area contributed by atoms with Crippen LogP contribution in [0.5, 0.6) is 0 Å². The zero-order valence-electron chi connectivity index (χ0n) is 16.0. The van der Waals surface area contributed by atoms with Crippen LogP contribution in [-0.4, -0.2) is 16.4 Å². The van der Waals surface area contributed by atoms with E-state index in [1.54, 1.807) is 5.57 Å². The minimum Gasteiger partial charge on any atom is -0.303 e. The first-order valence-electron chi connectivity index (χ1n) is 10.5. The number of rotatable bonds is 6. The van der Waals surface area contributed by atoms with Gasteiger partial charge in [-0.1, -0.05) is 75.9 Å². The molecule has 0 unspecified atom stereocenters. The summed E-state index contributed by atoms with van der Waals surface area (Å²) >= 11 is 0. The lowest BCUT2D eigenvalue weighted by atomic mass is 9.98. The summed E-state index contributed by atoms with van der Waals surface area (Å²) in [6.45, 7) is 0.146. The van der Waals surface area contributed by atoms with Crippen molar-refractivity contribution in [2.75, 3.05) is 6.61 Å². The van der Waals surface area contributed by atoms with Crippen molar-refractivity contribution in [3.63, 3.8) is 0 Å². The highest BCUT2D eigenvalue weighted by atomic mass is 31.2. The summed E-state index contributed by atoms with van der Waals surface area (Å²) < 4.78 is 15.1. The molecule has 1 aliphatic carbocycles. The van der Waals surface area contributed by atoms with Gasteiger partial charge in [-0.15, -0.1) is 0 Å². The van der Waals surface area contributed by atoms with Crippen LogP contribution in [0.2, 0.25) is 0 Å². The first-order chi connectivity index (χ1) is 12.1. The number of phosphoric ester groups is 1. The highest BCUT2D eigenvalue weighted by Crippen LogP contribution is 2.35. The summed E-state index contributed by atoms with van der Waals surface area (Å²) in [5.41, 5.74) is 1.60. The van der Waals surface area contributed by atoms with Crippen LogP contribution < -0.4 is 0 Å². The molecule has 4 nitrogen and oxygen atoms in total. The van der Waals surface area contributed by atoms with Crippen molar-refractivity contribution < 1.29 is 18.9 Å². The van der Waals surface area contributed by atoms with Crippen molar-refractivity contribution in [1.29, 1.82) is 0 Å². The van der Waals surface area contributed by atoms with Crippen molar-refractivity contribution in [2.45, 2.75) is 109 Å². The second kappa shape index (κ2) is 15.0. The van der Waals surface area contributed by atoms with Crippen LogP contribution in [0.4, 0.5) is 0 Å². The van der Waals surface area contributed by atoms with Crippen molar-refractivity contribution in [3.8, 4) is 0 Å². The Morgan fingerprint density at radius 3 is 1.64 bits per heavy atom. The molecule has 25 heavy (non-hydrogen) atoms. The molecular weight excluding hydrogens is 335 g/mol. The quantitative estimate of drug-likeness (QED) is 0.310. The maximum absolute atomic E-state index is 10.6. The van der Waals surface area contributed by atoms with Gasteiger partial charge >= 0.3 is 7.82 Å². The van der Waals surface area contributed by atoms with E-state index in [2.05, 4.69) is 10.6 Å². The largest absolute Gasteiger partial charge is 0.469 e. The van der Waals surface area contributed by atoms with Gasteiger partial charge in [-0.25, -0.2) is 4.57 Å². The molecule has 0 spiro atoms. The van der Waals surface area contributed by atoms with E-state index in [0.717, 1.165) is 12.8 Å². The van der Waals surface area contributed by atoms with Crippen LogP contribution in [0.25, 0.3) is 0 Å². The predicted octanol–water partition coefficient (Wildman–Crippen LogP) is 6.67. The third-order valence-corrected chi connectivity index (χ3v) is 5.56. The first kappa shape index (κ1) is 22.9. The Hall–Kier alpha value is -0.150. The lowest BCUT2D eigenvalue weighted by Gasteiger charge is -2.09. The second-order valence-corrected chi connectivity index (χ2v) is 8.66.